The maximum absolute atomic E-state index is 11.6. The summed E-state index contributed by atoms with van der Waals surface area (Å²) in [5.41, 5.74) is 3.79. The molecule has 0 radical (unpaired) electrons. The van der Waals surface area contributed by atoms with Gasteiger partial charge in [-0.25, -0.2) is 0 Å². The van der Waals surface area contributed by atoms with Crippen LogP contribution >= 0.6 is 0 Å². The molecule has 1 aliphatic rings. The number of aliphatic carboxylic acids is 1. The van der Waals surface area contributed by atoms with Crippen LogP contribution in [0, 0.1) is 31.6 Å². The van der Waals surface area contributed by atoms with E-state index in [1.807, 2.05) is 0 Å². The highest BCUT2D eigenvalue weighted by Crippen LogP contribution is 2.44. The van der Waals surface area contributed by atoms with Gasteiger partial charge in [-0.1, -0.05) is 32.0 Å². The van der Waals surface area contributed by atoms with E-state index in [0.717, 1.165) is 19.3 Å². The summed E-state index contributed by atoms with van der Waals surface area (Å²) in [4.78, 5) is 11.6. The van der Waals surface area contributed by atoms with E-state index in [9.17, 15) is 9.90 Å². The number of carboxylic acid groups (broad SMARTS) is 1. The molecule has 1 fully saturated rings. The van der Waals surface area contributed by atoms with Crippen LogP contribution in [0.2, 0.25) is 0 Å². The molecule has 1 aromatic rings. The standard InChI is InChI=1S/C18H26O2/c1-11(2)14-8-9-16(18(19)20)17(10-14)15-7-5-6-12(3)13(15)4/h5-7,11,14,16-17H,8-10H2,1-4H3,(H,19,20). The van der Waals surface area contributed by atoms with E-state index in [-0.39, 0.29) is 11.8 Å². The van der Waals surface area contributed by atoms with Crippen molar-refractivity contribution in [2.75, 3.05) is 0 Å². The third kappa shape index (κ3) is 2.89. The highest BCUT2D eigenvalue weighted by atomic mass is 16.4. The van der Waals surface area contributed by atoms with Crippen molar-refractivity contribution in [3.05, 3.63) is 34.9 Å². The molecule has 1 aliphatic carbocycles. The van der Waals surface area contributed by atoms with E-state index >= 15 is 0 Å². The highest BCUT2D eigenvalue weighted by molar-refractivity contribution is 5.71. The van der Waals surface area contributed by atoms with Crippen molar-refractivity contribution < 1.29 is 9.90 Å². The Morgan fingerprint density at radius 2 is 1.95 bits per heavy atom. The molecule has 0 amide bonds. The minimum absolute atomic E-state index is 0.175. The van der Waals surface area contributed by atoms with Crippen LogP contribution in [-0.2, 0) is 4.79 Å². The van der Waals surface area contributed by atoms with E-state index in [0.29, 0.717) is 11.8 Å². The number of hydrogen-bond donors (Lipinski definition) is 1. The Kier molecular flexibility index (Phi) is 4.52. The summed E-state index contributed by atoms with van der Waals surface area (Å²) in [7, 11) is 0. The van der Waals surface area contributed by atoms with Crippen LogP contribution in [0.1, 0.15) is 55.7 Å². The Morgan fingerprint density at radius 3 is 2.55 bits per heavy atom. The molecule has 0 saturated heterocycles. The van der Waals surface area contributed by atoms with Crippen LogP contribution in [0.15, 0.2) is 18.2 Å². The summed E-state index contributed by atoms with van der Waals surface area (Å²) < 4.78 is 0. The first-order chi connectivity index (χ1) is 9.41. The van der Waals surface area contributed by atoms with Crippen LogP contribution in [0.4, 0.5) is 0 Å². The molecule has 1 saturated carbocycles. The van der Waals surface area contributed by atoms with E-state index in [4.69, 9.17) is 0 Å². The number of rotatable bonds is 3. The Hall–Kier alpha value is -1.31. The van der Waals surface area contributed by atoms with Gasteiger partial charge in [-0.2, -0.15) is 0 Å². The Balaban J connectivity index is 2.36. The highest BCUT2D eigenvalue weighted by Gasteiger charge is 2.37. The second-order valence-corrected chi connectivity index (χ2v) is 6.66. The van der Waals surface area contributed by atoms with Gasteiger partial charge in [0.05, 0.1) is 5.92 Å². The van der Waals surface area contributed by atoms with Crippen molar-refractivity contribution in [3.63, 3.8) is 0 Å². The zero-order chi connectivity index (χ0) is 14.9. The van der Waals surface area contributed by atoms with Crippen LogP contribution in [0.5, 0.6) is 0 Å². The smallest absolute Gasteiger partial charge is 0.307 e. The molecule has 1 aromatic carbocycles. The van der Waals surface area contributed by atoms with E-state index in [1.165, 1.54) is 16.7 Å². The molecular formula is C18H26O2. The van der Waals surface area contributed by atoms with Gasteiger partial charge in [-0.15, -0.1) is 0 Å². The second kappa shape index (κ2) is 5.99. The van der Waals surface area contributed by atoms with Crippen LogP contribution in [0.25, 0.3) is 0 Å². The topological polar surface area (TPSA) is 37.3 Å². The molecule has 3 unspecified atom stereocenters. The normalized spacial score (nSPS) is 26.8. The van der Waals surface area contributed by atoms with E-state index in [2.05, 4.69) is 45.9 Å². The monoisotopic (exact) mass is 274 g/mol. The molecule has 0 aliphatic heterocycles. The first-order valence-corrected chi connectivity index (χ1v) is 7.70. The SMILES string of the molecule is Cc1cccc(C2CC(C(C)C)CCC2C(=O)O)c1C. The maximum atomic E-state index is 11.6. The average Bonchev–Trinajstić information content (AvgIpc) is 2.41. The summed E-state index contributed by atoms with van der Waals surface area (Å²) in [5, 5.41) is 9.56. The van der Waals surface area contributed by atoms with Crippen LogP contribution in [0.3, 0.4) is 0 Å². The number of aryl methyl sites for hydroxylation is 1. The average molecular weight is 274 g/mol. The van der Waals surface area contributed by atoms with Gasteiger partial charge in [-0.3, -0.25) is 4.79 Å². The molecular weight excluding hydrogens is 248 g/mol. The Morgan fingerprint density at radius 1 is 1.25 bits per heavy atom. The summed E-state index contributed by atoms with van der Waals surface area (Å²) in [6.07, 6.45) is 2.88. The first-order valence-electron chi connectivity index (χ1n) is 7.70. The molecule has 0 aromatic heterocycles. The number of carboxylic acids is 1. The van der Waals surface area contributed by atoms with Gasteiger partial charge in [0.2, 0.25) is 0 Å². The Bertz CT molecular complexity index is 490. The molecule has 0 spiro atoms. The molecule has 0 bridgehead atoms. The van der Waals surface area contributed by atoms with Gasteiger partial charge in [0.15, 0.2) is 0 Å². The second-order valence-electron chi connectivity index (χ2n) is 6.66. The molecule has 1 N–H and O–H groups in total. The van der Waals surface area contributed by atoms with Crippen molar-refractivity contribution in [1.82, 2.24) is 0 Å². The summed E-state index contributed by atoms with van der Waals surface area (Å²) in [6, 6.07) is 6.30. The van der Waals surface area contributed by atoms with Crippen molar-refractivity contribution >= 4 is 5.97 Å². The number of benzene rings is 1. The Labute approximate surface area is 122 Å². The van der Waals surface area contributed by atoms with Crippen molar-refractivity contribution in [3.8, 4) is 0 Å². The zero-order valence-corrected chi connectivity index (χ0v) is 13.0. The fourth-order valence-electron chi connectivity index (χ4n) is 3.62. The first kappa shape index (κ1) is 15.1. The summed E-state index contributed by atoms with van der Waals surface area (Å²) >= 11 is 0. The van der Waals surface area contributed by atoms with Gasteiger partial charge in [0.1, 0.15) is 0 Å². The van der Waals surface area contributed by atoms with E-state index in [1.54, 1.807) is 0 Å². The molecule has 2 rings (SSSR count). The lowest BCUT2D eigenvalue weighted by atomic mass is 9.67. The van der Waals surface area contributed by atoms with E-state index < -0.39 is 5.97 Å². The van der Waals surface area contributed by atoms with Crippen molar-refractivity contribution in [2.24, 2.45) is 17.8 Å². The number of carbonyl (C=O) groups is 1. The lowest BCUT2D eigenvalue weighted by molar-refractivity contribution is -0.144. The molecule has 2 heteroatoms. The molecule has 110 valence electrons. The third-order valence-corrected chi connectivity index (χ3v) is 5.20. The van der Waals surface area contributed by atoms with Gasteiger partial charge in [0.25, 0.3) is 0 Å². The quantitative estimate of drug-likeness (QED) is 0.878. The minimum Gasteiger partial charge on any atom is -0.481 e. The van der Waals surface area contributed by atoms with Crippen molar-refractivity contribution in [1.29, 1.82) is 0 Å². The number of hydrogen-bond acceptors (Lipinski definition) is 1. The van der Waals surface area contributed by atoms with Gasteiger partial charge in [0, 0.05) is 0 Å². The van der Waals surface area contributed by atoms with Crippen LogP contribution < -0.4 is 0 Å². The predicted octanol–water partition coefficient (Wildman–Crippen LogP) is 4.54. The summed E-state index contributed by atoms with van der Waals surface area (Å²) in [6.45, 7) is 8.75. The van der Waals surface area contributed by atoms with Gasteiger partial charge in [-0.05, 0) is 67.6 Å². The molecule has 0 heterocycles. The van der Waals surface area contributed by atoms with Crippen LogP contribution in [-0.4, -0.2) is 11.1 Å². The third-order valence-electron chi connectivity index (χ3n) is 5.20. The lowest BCUT2D eigenvalue weighted by Gasteiger charge is -2.37. The zero-order valence-electron chi connectivity index (χ0n) is 13.0. The predicted molar refractivity (Wildman–Crippen MR) is 82.0 cm³/mol. The molecule has 20 heavy (non-hydrogen) atoms. The molecule has 3 atom stereocenters. The fourth-order valence-corrected chi connectivity index (χ4v) is 3.62. The summed E-state index contributed by atoms with van der Waals surface area (Å²) in [5.74, 6) is 0.616. The van der Waals surface area contributed by atoms with Gasteiger partial charge < -0.3 is 5.11 Å². The fraction of sp³-hybridized carbons (Fsp3) is 0.611. The lowest BCUT2D eigenvalue weighted by Crippen LogP contribution is -2.31. The van der Waals surface area contributed by atoms with Gasteiger partial charge >= 0.3 is 5.97 Å². The maximum Gasteiger partial charge on any atom is 0.307 e. The van der Waals surface area contributed by atoms with Crippen molar-refractivity contribution in [2.45, 2.75) is 52.9 Å². The molecule has 2 nitrogen and oxygen atoms in total. The minimum atomic E-state index is -0.627. The largest absolute Gasteiger partial charge is 0.481 e.